The molecule has 0 aliphatic heterocycles. The van der Waals surface area contributed by atoms with E-state index in [0.29, 0.717) is 0 Å². The summed E-state index contributed by atoms with van der Waals surface area (Å²) in [5.74, 6) is 0. The van der Waals surface area contributed by atoms with Gasteiger partial charge in [0.05, 0.1) is 5.69 Å². The molecular weight excluding hydrogens is 288 g/mol. The first-order valence-electron chi connectivity index (χ1n) is 5.89. The van der Waals surface area contributed by atoms with Crippen LogP contribution < -0.4 is 0 Å². The number of aryl methyl sites for hydroxylation is 1. The van der Waals surface area contributed by atoms with E-state index in [-0.39, 0.29) is 0 Å². The van der Waals surface area contributed by atoms with Gasteiger partial charge in [-0.15, -0.1) is 0 Å². The molecule has 0 unspecified atom stereocenters. The molecule has 2 nitrogen and oxygen atoms in total. The van der Waals surface area contributed by atoms with Crippen LogP contribution in [0.15, 0.2) is 53.3 Å². The Labute approximate surface area is 114 Å². The second-order valence-corrected chi connectivity index (χ2v) is 5.42. The number of hydrogen-bond donors (Lipinski definition) is 0. The van der Waals surface area contributed by atoms with Gasteiger partial charge in [0, 0.05) is 23.3 Å². The van der Waals surface area contributed by atoms with E-state index >= 15 is 0 Å². The fourth-order valence-corrected chi connectivity index (χ4v) is 2.33. The molecule has 2 aromatic heterocycles. The Bertz CT molecular complexity index is 683. The maximum atomic E-state index is 4.62. The Balaban J connectivity index is 1.92. The molecule has 0 atom stereocenters. The van der Waals surface area contributed by atoms with Crippen LogP contribution in [-0.4, -0.2) is 9.38 Å². The van der Waals surface area contributed by atoms with Crippen LogP contribution in [0.2, 0.25) is 0 Å². The number of benzene rings is 1. The van der Waals surface area contributed by atoms with Crippen LogP contribution in [0.4, 0.5) is 0 Å². The largest absolute Gasteiger partial charge is 0.307 e. The van der Waals surface area contributed by atoms with E-state index in [4.69, 9.17) is 0 Å². The van der Waals surface area contributed by atoms with Crippen molar-refractivity contribution >= 4 is 21.6 Å². The van der Waals surface area contributed by atoms with Crippen LogP contribution in [0.5, 0.6) is 0 Å². The van der Waals surface area contributed by atoms with E-state index in [1.807, 2.05) is 22.7 Å². The van der Waals surface area contributed by atoms with Gasteiger partial charge in [-0.05, 0) is 24.6 Å². The molecule has 90 valence electrons. The summed E-state index contributed by atoms with van der Waals surface area (Å²) in [5.41, 5.74) is 4.66. The third-order valence-corrected chi connectivity index (χ3v) is 3.47. The van der Waals surface area contributed by atoms with Crippen molar-refractivity contribution in [2.45, 2.75) is 13.3 Å². The van der Waals surface area contributed by atoms with Crippen molar-refractivity contribution in [3.05, 3.63) is 70.1 Å². The van der Waals surface area contributed by atoms with Crippen molar-refractivity contribution in [1.29, 1.82) is 0 Å². The molecule has 18 heavy (non-hydrogen) atoms. The molecule has 0 saturated carbocycles. The van der Waals surface area contributed by atoms with Crippen molar-refractivity contribution in [3.8, 4) is 0 Å². The Kier molecular flexibility index (Phi) is 2.92. The summed E-state index contributed by atoms with van der Waals surface area (Å²) in [5, 5.41) is 0. The van der Waals surface area contributed by atoms with Gasteiger partial charge in [0.2, 0.25) is 0 Å². The predicted molar refractivity (Wildman–Crippen MR) is 76.9 cm³/mol. The summed E-state index contributed by atoms with van der Waals surface area (Å²) >= 11 is 3.46. The number of aromatic nitrogens is 2. The predicted octanol–water partition coefficient (Wildman–Crippen LogP) is 4.00. The molecule has 0 aliphatic rings. The molecular formula is C15H13BrN2. The van der Waals surface area contributed by atoms with Crippen molar-refractivity contribution in [2.75, 3.05) is 0 Å². The van der Waals surface area contributed by atoms with Gasteiger partial charge in [0.1, 0.15) is 5.65 Å². The van der Waals surface area contributed by atoms with Gasteiger partial charge in [0.25, 0.3) is 0 Å². The molecule has 2 heterocycles. The molecule has 0 bridgehead atoms. The number of rotatable bonds is 2. The summed E-state index contributed by atoms with van der Waals surface area (Å²) in [6.07, 6.45) is 4.98. The molecule has 0 aliphatic carbocycles. The number of halogens is 1. The molecule has 3 rings (SSSR count). The normalized spacial score (nSPS) is 11.0. The minimum absolute atomic E-state index is 0.875. The zero-order valence-corrected chi connectivity index (χ0v) is 11.7. The van der Waals surface area contributed by atoms with Gasteiger partial charge in [0.15, 0.2) is 0 Å². The van der Waals surface area contributed by atoms with Crippen molar-refractivity contribution in [2.24, 2.45) is 0 Å². The summed E-state index contributed by atoms with van der Waals surface area (Å²) in [4.78, 5) is 4.62. The zero-order chi connectivity index (χ0) is 12.5. The standard InChI is InChI=1S/C15H13BrN2/c1-11-2-4-12(5-3-11)8-14-10-18-7-6-13(16)9-15(18)17-14/h2-7,9-10H,8H2,1H3. The number of hydrogen-bond acceptors (Lipinski definition) is 1. The number of nitrogens with zero attached hydrogens (tertiary/aromatic N) is 2. The highest BCUT2D eigenvalue weighted by Gasteiger charge is 2.03. The van der Waals surface area contributed by atoms with Gasteiger partial charge >= 0.3 is 0 Å². The van der Waals surface area contributed by atoms with Gasteiger partial charge in [-0.1, -0.05) is 45.8 Å². The molecule has 0 saturated heterocycles. The average Bonchev–Trinajstić information content (AvgIpc) is 2.73. The number of fused-ring (bicyclic) bond motifs is 1. The Hall–Kier alpha value is -1.61. The highest BCUT2D eigenvalue weighted by Crippen LogP contribution is 2.15. The van der Waals surface area contributed by atoms with Crippen LogP contribution in [0.1, 0.15) is 16.8 Å². The lowest BCUT2D eigenvalue weighted by atomic mass is 10.1. The minimum Gasteiger partial charge on any atom is -0.307 e. The van der Waals surface area contributed by atoms with E-state index < -0.39 is 0 Å². The Morgan fingerprint density at radius 3 is 2.72 bits per heavy atom. The second kappa shape index (κ2) is 4.58. The first kappa shape index (κ1) is 11.5. The number of imidazole rings is 1. The number of pyridine rings is 1. The summed E-state index contributed by atoms with van der Waals surface area (Å²) in [6.45, 7) is 2.10. The van der Waals surface area contributed by atoms with E-state index in [1.165, 1.54) is 11.1 Å². The van der Waals surface area contributed by atoms with Crippen LogP contribution >= 0.6 is 15.9 Å². The monoisotopic (exact) mass is 300 g/mol. The lowest BCUT2D eigenvalue weighted by Crippen LogP contribution is -1.87. The Morgan fingerprint density at radius 2 is 1.94 bits per heavy atom. The fourth-order valence-electron chi connectivity index (χ4n) is 2.01. The molecule has 3 aromatic rings. The first-order valence-corrected chi connectivity index (χ1v) is 6.69. The maximum Gasteiger partial charge on any atom is 0.138 e. The highest BCUT2D eigenvalue weighted by molar-refractivity contribution is 9.10. The topological polar surface area (TPSA) is 17.3 Å². The van der Waals surface area contributed by atoms with Crippen molar-refractivity contribution in [3.63, 3.8) is 0 Å². The lowest BCUT2D eigenvalue weighted by molar-refractivity contribution is 1.11. The molecule has 0 fully saturated rings. The Morgan fingerprint density at radius 1 is 1.17 bits per heavy atom. The molecule has 0 radical (unpaired) electrons. The van der Waals surface area contributed by atoms with Gasteiger partial charge in [-0.25, -0.2) is 4.98 Å². The van der Waals surface area contributed by atoms with E-state index in [2.05, 4.69) is 58.3 Å². The summed E-state index contributed by atoms with van der Waals surface area (Å²) in [6, 6.07) is 12.6. The molecule has 3 heteroatoms. The van der Waals surface area contributed by atoms with Crippen molar-refractivity contribution in [1.82, 2.24) is 9.38 Å². The molecule has 0 spiro atoms. The van der Waals surface area contributed by atoms with Crippen LogP contribution in [0.25, 0.3) is 5.65 Å². The van der Waals surface area contributed by atoms with Crippen LogP contribution in [0, 0.1) is 6.92 Å². The van der Waals surface area contributed by atoms with E-state index in [1.54, 1.807) is 0 Å². The second-order valence-electron chi connectivity index (χ2n) is 4.51. The van der Waals surface area contributed by atoms with E-state index in [9.17, 15) is 0 Å². The lowest BCUT2D eigenvalue weighted by Gasteiger charge is -1.98. The SMILES string of the molecule is Cc1ccc(Cc2cn3ccc(Br)cc3n2)cc1. The zero-order valence-electron chi connectivity index (χ0n) is 10.1. The molecule has 1 aromatic carbocycles. The fraction of sp³-hybridized carbons (Fsp3) is 0.133. The molecule has 0 N–H and O–H groups in total. The van der Waals surface area contributed by atoms with Crippen molar-refractivity contribution < 1.29 is 0 Å². The van der Waals surface area contributed by atoms with Gasteiger partial charge in [-0.2, -0.15) is 0 Å². The van der Waals surface area contributed by atoms with Crippen LogP contribution in [0.3, 0.4) is 0 Å². The quantitative estimate of drug-likeness (QED) is 0.699. The first-order chi connectivity index (χ1) is 8.70. The van der Waals surface area contributed by atoms with Gasteiger partial charge < -0.3 is 4.40 Å². The third kappa shape index (κ3) is 2.31. The maximum absolute atomic E-state index is 4.62. The highest BCUT2D eigenvalue weighted by atomic mass is 79.9. The van der Waals surface area contributed by atoms with Gasteiger partial charge in [-0.3, -0.25) is 0 Å². The minimum atomic E-state index is 0.875. The molecule has 0 amide bonds. The third-order valence-electron chi connectivity index (χ3n) is 2.98. The van der Waals surface area contributed by atoms with Crippen LogP contribution in [-0.2, 0) is 6.42 Å². The van der Waals surface area contributed by atoms with E-state index in [0.717, 1.165) is 22.2 Å². The summed E-state index contributed by atoms with van der Waals surface area (Å²) < 4.78 is 3.11. The average molecular weight is 301 g/mol. The summed E-state index contributed by atoms with van der Waals surface area (Å²) in [7, 11) is 0. The smallest absolute Gasteiger partial charge is 0.138 e.